The molecular weight excluding hydrogens is 507 g/mol. The summed E-state index contributed by atoms with van der Waals surface area (Å²) in [6.07, 6.45) is -4.86. The number of aromatic amines is 1. The van der Waals surface area contributed by atoms with Gasteiger partial charge in [-0.3, -0.25) is 9.59 Å². The number of nitrogens with one attached hydrogen (secondary N) is 2. The fraction of sp³-hybridized carbons (Fsp3) is 0.200. The number of rotatable bonds is 7. The van der Waals surface area contributed by atoms with Gasteiger partial charge in [0.15, 0.2) is 16.8 Å². The minimum atomic E-state index is -4.86. The van der Waals surface area contributed by atoms with E-state index in [2.05, 4.69) is 20.4 Å². The molecule has 3 aromatic heterocycles. The standard InChI is InChI=1S/C25H20F3N5O5/c1-29-17(34)12-37-11-14-19(23-31-20-15(36-2)9-6-10-16(20)38-23)24(35)33-22(30-14)18(13-7-4-3-5-8-13)21(32-33)25(26,27)28/h3-10,30H,11-12H2,1-2H3,(H,29,34). The molecule has 0 unspecified atom stereocenters. The predicted molar refractivity (Wildman–Crippen MR) is 130 cm³/mol. The fourth-order valence-corrected chi connectivity index (χ4v) is 4.04. The van der Waals surface area contributed by atoms with E-state index < -0.39 is 23.3 Å². The first-order valence-corrected chi connectivity index (χ1v) is 11.3. The number of benzene rings is 2. The van der Waals surface area contributed by atoms with Gasteiger partial charge in [0.1, 0.15) is 23.6 Å². The average Bonchev–Trinajstić information content (AvgIpc) is 3.51. The number of likely N-dealkylation sites (N-methyl/N-ethyl adjacent to an activating group) is 1. The molecular formula is C25H20F3N5O5. The number of hydrogen-bond donors (Lipinski definition) is 2. The Morgan fingerprint density at radius 1 is 1.13 bits per heavy atom. The molecule has 0 saturated carbocycles. The average molecular weight is 527 g/mol. The largest absolute Gasteiger partial charge is 0.494 e. The highest BCUT2D eigenvalue weighted by Gasteiger charge is 2.39. The summed E-state index contributed by atoms with van der Waals surface area (Å²) in [7, 11) is 2.86. The van der Waals surface area contributed by atoms with Crippen LogP contribution in [0.25, 0.3) is 39.3 Å². The molecule has 196 valence electrons. The van der Waals surface area contributed by atoms with E-state index in [0.717, 1.165) is 0 Å². The van der Waals surface area contributed by atoms with Crippen LogP contribution in [0, 0.1) is 0 Å². The van der Waals surface area contributed by atoms with Gasteiger partial charge < -0.3 is 24.2 Å². The number of ether oxygens (including phenoxy) is 2. The number of carbonyl (C=O) groups is 1. The Morgan fingerprint density at radius 3 is 2.58 bits per heavy atom. The first kappa shape index (κ1) is 25.0. The first-order chi connectivity index (χ1) is 18.2. The number of halogens is 3. The molecule has 5 aromatic rings. The van der Waals surface area contributed by atoms with E-state index in [1.54, 1.807) is 36.4 Å². The minimum absolute atomic E-state index is 0.0442. The number of carbonyl (C=O) groups excluding carboxylic acids is 1. The van der Waals surface area contributed by atoms with E-state index in [4.69, 9.17) is 13.9 Å². The summed E-state index contributed by atoms with van der Waals surface area (Å²) in [6.45, 7) is -0.700. The van der Waals surface area contributed by atoms with Gasteiger partial charge in [0, 0.05) is 7.05 Å². The summed E-state index contributed by atoms with van der Waals surface area (Å²) in [5.74, 6) is -0.246. The quantitative estimate of drug-likeness (QED) is 0.330. The van der Waals surface area contributed by atoms with Gasteiger partial charge in [-0.15, -0.1) is 0 Å². The lowest BCUT2D eigenvalue weighted by molar-refractivity contribution is -0.140. The number of H-pyrrole nitrogens is 1. The Hall–Kier alpha value is -4.65. The molecule has 0 aliphatic heterocycles. The molecule has 0 saturated heterocycles. The van der Waals surface area contributed by atoms with Gasteiger partial charge in [-0.25, -0.2) is 4.98 Å². The molecule has 38 heavy (non-hydrogen) atoms. The zero-order chi connectivity index (χ0) is 27.0. The van der Waals surface area contributed by atoms with Crippen LogP contribution in [0.1, 0.15) is 11.4 Å². The maximum absolute atomic E-state index is 14.1. The van der Waals surface area contributed by atoms with Crippen molar-refractivity contribution in [1.82, 2.24) is 24.9 Å². The Labute approximate surface area is 212 Å². The van der Waals surface area contributed by atoms with Crippen molar-refractivity contribution >= 4 is 22.7 Å². The molecule has 2 N–H and O–H groups in total. The van der Waals surface area contributed by atoms with Crippen molar-refractivity contribution in [2.24, 2.45) is 0 Å². The molecule has 0 fully saturated rings. The smallest absolute Gasteiger partial charge is 0.435 e. The zero-order valence-electron chi connectivity index (χ0n) is 20.0. The minimum Gasteiger partial charge on any atom is -0.494 e. The molecule has 0 aliphatic rings. The van der Waals surface area contributed by atoms with E-state index in [9.17, 15) is 22.8 Å². The Kier molecular flexibility index (Phi) is 6.36. The van der Waals surface area contributed by atoms with Crippen LogP contribution in [-0.2, 0) is 22.3 Å². The summed E-state index contributed by atoms with van der Waals surface area (Å²) in [6, 6.07) is 12.7. The molecule has 2 aromatic carbocycles. The van der Waals surface area contributed by atoms with Gasteiger partial charge >= 0.3 is 6.18 Å². The van der Waals surface area contributed by atoms with Crippen LogP contribution >= 0.6 is 0 Å². The Morgan fingerprint density at radius 2 is 1.89 bits per heavy atom. The van der Waals surface area contributed by atoms with Crippen molar-refractivity contribution < 1.29 is 31.9 Å². The molecule has 1 amide bonds. The van der Waals surface area contributed by atoms with Crippen LogP contribution in [0.3, 0.4) is 0 Å². The zero-order valence-corrected chi connectivity index (χ0v) is 20.0. The molecule has 0 radical (unpaired) electrons. The number of para-hydroxylation sites is 1. The van der Waals surface area contributed by atoms with Gasteiger partial charge in [-0.2, -0.15) is 22.8 Å². The maximum atomic E-state index is 14.1. The molecule has 13 heteroatoms. The van der Waals surface area contributed by atoms with E-state index in [1.165, 1.54) is 26.3 Å². The number of alkyl halides is 3. The SMILES string of the molecule is CNC(=O)COCc1[nH]c2c(-c3ccccc3)c(C(F)(F)F)nn2c(=O)c1-c1nc2c(OC)cccc2o1. The molecule has 0 spiro atoms. The van der Waals surface area contributed by atoms with Crippen molar-refractivity contribution in [1.29, 1.82) is 0 Å². The second-order valence-electron chi connectivity index (χ2n) is 8.12. The number of oxazole rings is 1. The number of methoxy groups -OCH3 is 1. The number of aromatic nitrogens is 4. The van der Waals surface area contributed by atoms with Crippen molar-refractivity contribution in [3.05, 3.63) is 70.3 Å². The van der Waals surface area contributed by atoms with Crippen LogP contribution in [0.2, 0.25) is 0 Å². The van der Waals surface area contributed by atoms with Crippen LogP contribution in [0.15, 0.2) is 57.7 Å². The van der Waals surface area contributed by atoms with E-state index >= 15 is 0 Å². The van der Waals surface area contributed by atoms with Crippen molar-refractivity contribution in [2.45, 2.75) is 12.8 Å². The summed E-state index contributed by atoms with van der Waals surface area (Å²) >= 11 is 0. The molecule has 5 rings (SSSR count). The van der Waals surface area contributed by atoms with Crippen molar-refractivity contribution in [3.8, 4) is 28.3 Å². The lowest BCUT2D eigenvalue weighted by atomic mass is 10.1. The highest BCUT2D eigenvalue weighted by atomic mass is 19.4. The second kappa shape index (κ2) is 9.67. The van der Waals surface area contributed by atoms with E-state index in [-0.39, 0.29) is 52.7 Å². The monoisotopic (exact) mass is 527 g/mol. The topological polar surface area (TPSA) is 124 Å². The summed E-state index contributed by atoms with van der Waals surface area (Å²) in [4.78, 5) is 32.6. The fourth-order valence-electron chi connectivity index (χ4n) is 4.04. The highest BCUT2D eigenvalue weighted by Crippen LogP contribution is 2.39. The summed E-state index contributed by atoms with van der Waals surface area (Å²) in [5.41, 5.74) is -2.05. The third kappa shape index (κ3) is 4.36. The number of hydrogen-bond acceptors (Lipinski definition) is 7. The molecule has 10 nitrogen and oxygen atoms in total. The highest BCUT2D eigenvalue weighted by molar-refractivity contribution is 5.84. The van der Waals surface area contributed by atoms with Crippen molar-refractivity contribution in [3.63, 3.8) is 0 Å². The molecule has 0 aliphatic carbocycles. The lowest BCUT2D eigenvalue weighted by Gasteiger charge is -2.10. The number of fused-ring (bicyclic) bond motifs is 2. The van der Waals surface area contributed by atoms with Gasteiger partial charge in [0.05, 0.1) is 25.0 Å². The van der Waals surface area contributed by atoms with Gasteiger partial charge in [-0.1, -0.05) is 36.4 Å². The normalized spacial score (nSPS) is 11.8. The Bertz CT molecular complexity index is 1710. The van der Waals surface area contributed by atoms with Crippen LogP contribution in [0.4, 0.5) is 13.2 Å². The number of amides is 1. The molecule has 3 heterocycles. The van der Waals surface area contributed by atoms with Gasteiger partial charge in [-0.05, 0) is 17.7 Å². The van der Waals surface area contributed by atoms with E-state index in [1.807, 2.05) is 0 Å². The maximum Gasteiger partial charge on any atom is 0.435 e. The van der Waals surface area contributed by atoms with Crippen molar-refractivity contribution in [2.75, 3.05) is 20.8 Å². The Balaban J connectivity index is 1.79. The third-order valence-electron chi connectivity index (χ3n) is 5.77. The van der Waals surface area contributed by atoms with Gasteiger partial charge in [0.2, 0.25) is 11.8 Å². The summed E-state index contributed by atoms with van der Waals surface area (Å²) < 4.78 is 59.4. The molecule has 0 bridgehead atoms. The molecule has 0 atom stereocenters. The van der Waals surface area contributed by atoms with Crippen LogP contribution in [0.5, 0.6) is 5.75 Å². The predicted octanol–water partition coefficient (Wildman–Crippen LogP) is 3.79. The van der Waals surface area contributed by atoms with E-state index in [0.29, 0.717) is 15.8 Å². The van der Waals surface area contributed by atoms with Gasteiger partial charge in [0.25, 0.3) is 5.56 Å². The van der Waals surface area contributed by atoms with Crippen LogP contribution in [-0.4, -0.2) is 46.3 Å². The van der Waals surface area contributed by atoms with Crippen LogP contribution < -0.4 is 15.6 Å². The third-order valence-corrected chi connectivity index (χ3v) is 5.77. The lowest BCUT2D eigenvalue weighted by Crippen LogP contribution is -2.24. The second-order valence-corrected chi connectivity index (χ2v) is 8.12. The summed E-state index contributed by atoms with van der Waals surface area (Å²) in [5, 5.41) is 6.05. The first-order valence-electron chi connectivity index (χ1n) is 11.3. The number of nitrogens with zero attached hydrogens (tertiary/aromatic N) is 3.